The Balaban J connectivity index is 1.63. The van der Waals surface area contributed by atoms with E-state index in [1.165, 1.54) is 0 Å². The van der Waals surface area contributed by atoms with Crippen LogP contribution in [0.15, 0.2) is 53.4 Å². The number of aryl methyl sites for hydroxylation is 2. The van der Waals surface area contributed by atoms with Gasteiger partial charge in [0, 0.05) is 29.4 Å². The Hall–Kier alpha value is -4.15. The van der Waals surface area contributed by atoms with Gasteiger partial charge in [-0.25, -0.2) is 9.97 Å². The van der Waals surface area contributed by atoms with Gasteiger partial charge in [-0.1, -0.05) is 17.3 Å². The highest BCUT2D eigenvalue weighted by atomic mass is 16.5. The third-order valence-corrected chi connectivity index (χ3v) is 5.96. The molecule has 5 aromatic rings. The minimum Gasteiger partial charge on any atom is -0.491 e. The number of aliphatic hydroxyl groups excluding tert-OH is 1. The second-order valence-corrected chi connectivity index (χ2v) is 8.63. The van der Waals surface area contributed by atoms with Crippen LogP contribution in [0.1, 0.15) is 17.0 Å². The van der Waals surface area contributed by atoms with E-state index >= 15 is 0 Å². The Bertz CT molecular complexity index is 1510. The molecule has 0 aliphatic heterocycles. The minimum atomic E-state index is -0.612. The molecule has 36 heavy (non-hydrogen) atoms. The Kier molecular flexibility index (Phi) is 6.45. The zero-order valence-electron chi connectivity index (χ0n) is 20.6. The second kappa shape index (κ2) is 9.84. The number of hydrogen-bond acceptors (Lipinski definition) is 9. The number of ether oxygens (including phenoxy) is 1. The average Bonchev–Trinajstić information content (AvgIpc) is 3.48. The molecule has 1 unspecified atom stereocenters. The Morgan fingerprint density at radius 3 is 2.69 bits per heavy atom. The number of nitrogens with one attached hydrogen (secondary N) is 1. The van der Waals surface area contributed by atoms with E-state index in [1.807, 2.05) is 67.8 Å². The smallest absolute Gasteiger partial charge is 0.161 e. The van der Waals surface area contributed by atoms with E-state index in [0.717, 1.165) is 45.0 Å². The van der Waals surface area contributed by atoms with Gasteiger partial charge in [0.05, 0.1) is 22.6 Å². The summed E-state index contributed by atoms with van der Waals surface area (Å²) in [5.41, 5.74) is 6.44. The molecule has 4 heterocycles. The summed E-state index contributed by atoms with van der Waals surface area (Å²) in [4.78, 5) is 9.92. The summed E-state index contributed by atoms with van der Waals surface area (Å²) in [6, 6.07) is 11.5. The molecule has 0 fully saturated rings. The van der Waals surface area contributed by atoms with Crippen molar-refractivity contribution < 1.29 is 14.4 Å². The predicted molar refractivity (Wildman–Crippen MR) is 135 cm³/mol. The van der Waals surface area contributed by atoms with Crippen molar-refractivity contribution in [1.82, 2.24) is 35.0 Å². The second-order valence-electron chi connectivity index (χ2n) is 8.63. The summed E-state index contributed by atoms with van der Waals surface area (Å²) in [5, 5.41) is 25.2. The lowest BCUT2D eigenvalue weighted by Crippen LogP contribution is -2.29. The van der Waals surface area contributed by atoms with Crippen molar-refractivity contribution >= 4 is 5.65 Å². The molecule has 1 atom stereocenters. The molecule has 0 amide bonds. The van der Waals surface area contributed by atoms with E-state index in [-0.39, 0.29) is 6.61 Å². The lowest BCUT2D eigenvalue weighted by Gasteiger charge is -2.15. The number of fused-ring (bicyclic) bond motifs is 1. The normalized spacial score (nSPS) is 12.2. The quantitative estimate of drug-likeness (QED) is 0.340. The Morgan fingerprint density at radius 2 is 1.92 bits per heavy atom. The van der Waals surface area contributed by atoms with Crippen LogP contribution in [-0.4, -0.2) is 61.1 Å². The molecule has 2 N–H and O–H groups in total. The number of rotatable bonds is 8. The van der Waals surface area contributed by atoms with Gasteiger partial charge < -0.3 is 19.7 Å². The molecule has 0 saturated carbocycles. The summed E-state index contributed by atoms with van der Waals surface area (Å²) in [6.45, 7) is 6.40. The fourth-order valence-electron chi connectivity index (χ4n) is 4.17. The highest BCUT2D eigenvalue weighted by molar-refractivity contribution is 5.78. The maximum Gasteiger partial charge on any atom is 0.161 e. The number of likely N-dealkylation sites (N-methyl/N-ethyl adjacent to an activating group) is 1. The van der Waals surface area contributed by atoms with Gasteiger partial charge in [0.25, 0.3) is 0 Å². The molecule has 5 rings (SSSR count). The third-order valence-electron chi connectivity index (χ3n) is 5.96. The zero-order chi connectivity index (χ0) is 25.2. The predicted octanol–water partition coefficient (Wildman–Crippen LogP) is 3.39. The Morgan fingerprint density at radius 1 is 1.08 bits per heavy atom. The van der Waals surface area contributed by atoms with Crippen LogP contribution in [0.3, 0.4) is 0 Å². The molecule has 10 heteroatoms. The van der Waals surface area contributed by atoms with Crippen LogP contribution in [-0.2, 0) is 0 Å². The Labute approximate surface area is 208 Å². The fourth-order valence-corrected chi connectivity index (χ4v) is 4.17. The van der Waals surface area contributed by atoms with Gasteiger partial charge in [0.2, 0.25) is 0 Å². The molecular weight excluding hydrogens is 458 g/mol. The van der Waals surface area contributed by atoms with Crippen LogP contribution in [0.5, 0.6) is 5.75 Å². The largest absolute Gasteiger partial charge is 0.491 e. The van der Waals surface area contributed by atoms with Crippen LogP contribution in [0.4, 0.5) is 0 Å². The summed E-state index contributed by atoms with van der Waals surface area (Å²) < 4.78 is 13.1. The van der Waals surface area contributed by atoms with E-state index in [0.29, 0.717) is 23.9 Å². The number of benzene rings is 1. The monoisotopic (exact) mass is 485 g/mol. The standard InChI is InChI=1S/C26H27N7O3/c1-15-24(18-8-9-33-14-28-31-22(33)11-18)29-26(30-25(15)23-16(2)32-36-17(23)3)19-6-5-7-21(10-19)35-13-20(34)12-27-4/h5-11,14,20,27,34H,12-13H2,1-4H3. The summed E-state index contributed by atoms with van der Waals surface area (Å²) in [5.74, 6) is 1.85. The van der Waals surface area contributed by atoms with Crippen molar-refractivity contribution in [2.75, 3.05) is 20.2 Å². The van der Waals surface area contributed by atoms with E-state index < -0.39 is 6.10 Å². The molecule has 0 radical (unpaired) electrons. The summed E-state index contributed by atoms with van der Waals surface area (Å²) >= 11 is 0. The van der Waals surface area contributed by atoms with Crippen LogP contribution in [0.25, 0.3) is 39.5 Å². The first-order chi connectivity index (χ1) is 17.4. The van der Waals surface area contributed by atoms with Gasteiger partial charge in [0.15, 0.2) is 11.5 Å². The van der Waals surface area contributed by atoms with Crippen LogP contribution >= 0.6 is 0 Å². The number of pyridine rings is 1. The van der Waals surface area contributed by atoms with Gasteiger partial charge >= 0.3 is 0 Å². The number of hydrogen-bond donors (Lipinski definition) is 2. The van der Waals surface area contributed by atoms with Crippen LogP contribution in [0, 0.1) is 20.8 Å². The van der Waals surface area contributed by atoms with Gasteiger partial charge in [-0.05, 0) is 52.1 Å². The average molecular weight is 486 g/mol. The minimum absolute atomic E-state index is 0.174. The lowest BCUT2D eigenvalue weighted by molar-refractivity contribution is 0.108. The summed E-state index contributed by atoms with van der Waals surface area (Å²) in [6.07, 6.45) is 2.96. The first kappa shape index (κ1) is 23.6. The van der Waals surface area contributed by atoms with Crippen molar-refractivity contribution in [3.05, 3.63) is 65.9 Å². The maximum absolute atomic E-state index is 10.0. The fraction of sp³-hybridized carbons (Fsp3) is 0.269. The van der Waals surface area contributed by atoms with Gasteiger partial charge in [0.1, 0.15) is 30.5 Å². The summed E-state index contributed by atoms with van der Waals surface area (Å²) in [7, 11) is 1.79. The molecule has 0 aliphatic rings. The number of nitrogens with zero attached hydrogens (tertiary/aromatic N) is 6. The van der Waals surface area contributed by atoms with E-state index in [9.17, 15) is 5.11 Å². The molecular formula is C26H27N7O3. The molecule has 10 nitrogen and oxygen atoms in total. The van der Waals surface area contributed by atoms with Crippen molar-refractivity contribution in [3.8, 4) is 39.7 Å². The molecule has 1 aromatic carbocycles. The molecule has 0 spiro atoms. The van der Waals surface area contributed by atoms with Crippen molar-refractivity contribution in [3.63, 3.8) is 0 Å². The van der Waals surface area contributed by atoms with Gasteiger partial charge in [-0.2, -0.15) is 0 Å². The lowest BCUT2D eigenvalue weighted by atomic mass is 10.00. The van der Waals surface area contributed by atoms with Crippen LogP contribution < -0.4 is 10.1 Å². The van der Waals surface area contributed by atoms with E-state index in [1.54, 1.807) is 13.4 Å². The highest BCUT2D eigenvalue weighted by Gasteiger charge is 2.21. The van der Waals surface area contributed by atoms with Gasteiger partial charge in [-0.15, -0.1) is 10.2 Å². The number of aliphatic hydroxyl groups is 1. The molecule has 0 aliphatic carbocycles. The first-order valence-corrected chi connectivity index (χ1v) is 11.6. The molecule has 184 valence electrons. The molecule has 0 saturated heterocycles. The SMILES string of the molecule is CNCC(O)COc1cccc(-c2nc(-c3ccn4cnnc4c3)c(C)c(-c3c(C)noc3C)n2)c1. The van der Waals surface area contributed by atoms with E-state index in [4.69, 9.17) is 19.2 Å². The first-order valence-electron chi connectivity index (χ1n) is 11.6. The third kappa shape index (κ3) is 4.56. The topological polar surface area (TPSA) is 123 Å². The maximum atomic E-state index is 10.0. The van der Waals surface area contributed by atoms with Crippen LogP contribution in [0.2, 0.25) is 0 Å². The zero-order valence-corrected chi connectivity index (χ0v) is 20.6. The van der Waals surface area contributed by atoms with Crippen molar-refractivity contribution in [1.29, 1.82) is 0 Å². The van der Waals surface area contributed by atoms with Crippen molar-refractivity contribution in [2.24, 2.45) is 0 Å². The highest BCUT2D eigenvalue weighted by Crippen LogP contribution is 2.35. The van der Waals surface area contributed by atoms with E-state index in [2.05, 4.69) is 20.7 Å². The van der Waals surface area contributed by atoms with Gasteiger partial charge in [-0.3, -0.25) is 4.40 Å². The number of aromatic nitrogens is 6. The molecule has 4 aromatic heterocycles. The molecule has 0 bridgehead atoms. The van der Waals surface area contributed by atoms with Crippen molar-refractivity contribution in [2.45, 2.75) is 26.9 Å².